The first-order valence-corrected chi connectivity index (χ1v) is 9.99. The van der Waals surface area contributed by atoms with Crippen molar-refractivity contribution in [2.24, 2.45) is 0 Å². The average Bonchev–Trinajstić information content (AvgIpc) is 2.61. The molecule has 0 aromatic heterocycles. The Morgan fingerprint density at radius 2 is 1.00 bits per heavy atom. The van der Waals surface area contributed by atoms with E-state index < -0.39 is 0 Å². The molecule has 2 N–H and O–H groups in total. The molecule has 2 aromatic rings. The molecule has 5 heteroatoms. The lowest BCUT2D eigenvalue weighted by Gasteiger charge is -2.20. The van der Waals surface area contributed by atoms with Crippen molar-refractivity contribution in [3.8, 4) is 23.0 Å². The third kappa shape index (κ3) is 6.86. The molecule has 0 bridgehead atoms. The van der Waals surface area contributed by atoms with E-state index in [-0.39, 0.29) is 22.3 Å². The van der Waals surface area contributed by atoms with Crippen molar-refractivity contribution >= 4 is 0 Å². The van der Waals surface area contributed by atoms with E-state index in [1.807, 2.05) is 24.3 Å². The second-order valence-electron chi connectivity index (χ2n) is 9.17. The second kappa shape index (κ2) is 9.40. The molecule has 5 nitrogen and oxygen atoms in total. The summed E-state index contributed by atoms with van der Waals surface area (Å²) in [4.78, 5) is 0. The molecule has 0 spiro atoms. The van der Waals surface area contributed by atoms with E-state index in [1.165, 1.54) is 0 Å². The Morgan fingerprint density at radius 1 is 0.621 bits per heavy atom. The van der Waals surface area contributed by atoms with Crippen LogP contribution in [0.1, 0.15) is 52.7 Å². The van der Waals surface area contributed by atoms with Gasteiger partial charge in [-0.2, -0.15) is 0 Å². The normalized spacial score (nSPS) is 12.1. The first-order chi connectivity index (χ1) is 13.5. The highest BCUT2D eigenvalue weighted by molar-refractivity contribution is 5.44. The summed E-state index contributed by atoms with van der Waals surface area (Å²) in [5.74, 6) is 1.16. The summed E-state index contributed by atoms with van der Waals surface area (Å²) in [6.45, 7) is 14.1. The zero-order valence-corrected chi connectivity index (χ0v) is 18.4. The zero-order chi connectivity index (χ0) is 21.7. The molecule has 0 aliphatic heterocycles. The largest absolute Gasteiger partial charge is 0.504 e. The highest BCUT2D eigenvalue weighted by atomic mass is 16.5. The number of ether oxygens (including phenoxy) is 3. The number of hydrogen-bond donors (Lipinski definition) is 2. The summed E-state index contributed by atoms with van der Waals surface area (Å²) in [6, 6.07) is 10.8. The van der Waals surface area contributed by atoms with Crippen LogP contribution in [0.5, 0.6) is 23.0 Å². The van der Waals surface area contributed by atoms with Gasteiger partial charge in [0.05, 0.1) is 13.2 Å². The molecule has 0 heterocycles. The zero-order valence-electron chi connectivity index (χ0n) is 18.4. The third-order valence-electron chi connectivity index (χ3n) is 4.62. The lowest BCUT2D eigenvalue weighted by atomic mass is 9.87. The van der Waals surface area contributed by atoms with Gasteiger partial charge in [0.1, 0.15) is 13.2 Å². The van der Waals surface area contributed by atoms with E-state index in [0.29, 0.717) is 37.9 Å². The first kappa shape index (κ1) is 22.9. The lowest BCUT2D eigenvalue weighted by molar-refractivity contribution is 0.0750. The van der Waals surface area contributed by atoms with Crippen LogP contribution in [0.3, 0.4) is 0 Å². The molecule has 0 radical (unpaired) electrons. The van der Waals surface area contributed by atoms with Crippen molar-refractivity contribution in [3.63, 3.8) is 0 Å². The Balaban J connectivity index is 1.75. The van der Waals surface area contributed by atoms with Crippen molar-refractivity contribution in [1.29, 1.82) is 0 Å². The monoisotopic (exact) mass is 402 g/mol. The summed E-state index contributed by atoms with van der Waals surface area (Å²) in [7, 11) is 0. The number of hydrogen-bond acceptors (Lipinski definition) is 5. The summed E-state index contributed by atoms with van der Waals surface area (Å²) in [5, 5.41) is 19.9. The smallest absolute Gasteiger partial charge is 0.161 e. The van der Waals surface area contributed by atoms with E-state index in [9.17, 15) is 10.2 Å². The molecule has 29 heavy (non-hydrogen) atoms. The second-order valence-corrected chi connectivity index (χ2v) is 9.17. The topological polar surface area (TPSA) is 68.2 Å². The molecule has 2 rings (SSSR count). The molecule has 0 saturated carbocycles. The molecular formula is C24H34O5. The Labute approximate surface area is 174 Å². The van der Waals surface area contributed by atoms with Gasteiger partial charge in [-0.3, -0.25) is 0 Å². The highest BCUT2D eigenvalue weighted by Gasteiger charge is 2.17. The van der Waals surface area contributed by atoms with E-state index >= 15 is 0 Å². The van der Waals surface area contributed by atoms with Crippen LogP contribution in [-0.4, -0.2) is 36.6 Å². The lowest BCUT2D eigenvalue weighted by Crippen LogP contribution is -2.14. The molecule has 160 valence electrons. The molecule has 0 saturated heterocycles. The maximum atomic E-state index is 9.96. The average molecular weight is 403 g/mol. The maximum absolute atomic E-state index is 9.96. The molecule has 0 aliphatic carbocycles. The predicted octanol–water partition coefficient (Wildman–Crippen LogP) is 5.17. The van der Waals surface area contributed by atoms with Crippen molar-refractivity contribution < 1.29 is 24.4 Å². The quantitative estimate of drug-likeness (QED) is 0.597. The summed E-state index contributed by atoms with van der Waals surface area (Å²) >= 11 is 0. The van der Waals surface area contributed by atoms with Gasteiger partial charge in [-0.05, 0) is 46.2 Å². The minimum atomic E-state index is -0.0184. The number of phenolic OH excluding ortho intramolecular Hbond substituents is 2. The standard InChI is InChI=1S/C24H34O5/c1-23(2,3)17-7-9-19(25)21(15-17)28-13-11-27-12-14-29-22-16-18(24(4,5)6)8-10-20(22)26/h7-10,15-16,25-26H,11-14H2,1-6H3. The third-order valence-corrected chi connectivity index (χ3v) is 4.62. The predicted molar refractivity (Wildman–Crippen MR) is 115 cm³/mol. The van der Waals surface area contributed by atoms with Crippen LogP contribution in [0.4, 0.5) is 0 Å². The van der Waals surface area contributed by atoms with Crippen molar-refractivity contribution in [1.82, 2.24) is 0 Å². The molecule has 2 aromatic carbocycles. The van der Waals surface area contributed by atoms with Gasteiger partial charge >= 0.3 is 0 Å². The fourth-order valence-electron chi connectivity index (χ4n) is 2.72. The van der Waals surface area contributed by atoms with E-state index in [4.69, 9.17) is 14.2 Å². The van der Waals surface area contributed by atoms with Crippen LogP contribution in [0, 0.1) is 0 Å². The summed E-state index contributed by atoms with van der Waals surface area (Å²) < 4.78 is 16.8. The van der Waals surface area contributed by atoms with E-state index in [1.54, 1.807) is 12.1 Å². The van der Waals surface area contributed by atoms with E-state index in [2.05, 4.69) is 41.5 Å². The van der Waals surface area contributed by atoms with Gasteiger partial charge < -0.3 is 24.4 Å². The minimum Gasteiger partial charge on any atom is -0.504 e. The van der Waals surface area contributed by atoms with Crippen molar-refractivity contribution in [3.05, 3.63) is 47.5 Å². The Morgan fingerprint density at radius 3 is 1.34 bits per heavy atom. The Bertz CT molecular complexity index is 732. The first-order valence-electron chi connectivity index (χ1n) is 9.99. The van der Waals surface area contributed by atoms with Gasteiger partial charge in [0.25, 0.3) is 0 Å². The Hall–Kier alpha value is -2.40. The van der Waals surface area contributed by atoms with Crippen LogP contribution in [0.15, 0.2) is 36.4 Å². The SMILES string of the molecule is CC(C)(C)c1ccc(O)c(OCCOCCOc2cc(C(C)(C)C)ccc2O)c1. The van der Waals surface area contributed by atoms with Crippen LogP contribution in [0.2, 0.25) is 0 Å². The summed E-state index contributed by atoms with van der Waals surface area (Å²) in [5.41, 5.74) is 2.15. The van der Waals surface area contributed by atoms with Gasteiger partial charge in [0.2, 0.25) is 0 Å². The van der Waals surface area contributed by atoms with Gasteiger partial charge in [-0.1, -0.05) is 53.7 Å². The van der Waals surface area contributed by atoms with Crippen LogP contribution < -0.4 is 9.47 Å². The molecule has 0 amide bonds. The van der Waals surface area contributed by atoms with Gasteiger partial charge in [-0.15, -0.1) is 0 Å². The number of benzene rings is 2. The molecule has 0 fully saturated rings. The maximum Gasteiger partial charge on any atom is 0.161 e. The van der Waals surface area contributed by atoms with Crippen LogP contribution in [0.25, 0.3) is 0 Å². The fraction of sp³-hybridized carbons (Fsp3) is 0.500. The van der Waals surface area contributed by atoms with E-state index in [0.717, 1.165) is 11.1 Å². The van der Waals surface area contributed by atoms with Gasteiger partial charge in [0, 0.05) is 0 Å². The summed E-state index contributed by atoms with van der Waals surface area (Å²) in [6.07, 6.45) is 0. The van der Waals surface area contributed by atoms with Gasteiger partial charge in [-0.25, -0.2) is 0 Å². The fourth-order valence-corrected chi connectivity index (χ4v) is 2.72. The van der Waals surface area contributed by atoms with Crippen LogP contribution >= 0.6 is 0 Å². The molecule has 0 aliphatic rings. The molecule has 0 unspecified atom stereocenters. The molecular weight excluding hydrogens is 368 g/mol. The number of aromatic hydroxyl groups is 2. The molecule has 0 atom stereocenters. The number of rotatable bonds is 8. The minimum absolute atomic E-state index is 0.0184. The van der Waals surface area contributed by atoms with Crippen LogP contribution in [-0.2, 0) is 15.6 Å². The number of phenols is 2. The highest BCUT2D eigenvalue weighted by Crippen LogP contribution is 2.33. The van der Waals surface area contributed by atoms with Gasteiger partial charge in [0.15, 0.2) is 23.0 Å². The van der Waals surface area contributed by atoms with Crippen molar-refractivity contribution in [2.45, 2.75) is 52.4 Å². The Kier molecular flexibility index (Phi) is 7.42. The van der Waals surface area contributed by atoms with Crippen molar-refractivity contribution in [2.75, 3.05) is 26.4 Å².